The first kappa shape index (κ1) is 19.7. The third-order valence-electron chi connectivity index (χ3n) is 5.18. The molecule has 3 heterocycles. The number of benzene rings is 1. The van der Waals surface area contributed by atoms with Crippen LogP contribution in [0, 0.1) is 0 Å². The number of nitrogens with zero attached hydrogens (tertiary/aromatic N) is 2. The summed E-state index contributed by atoms with van der Waals surface area (Å²) < 4.78 is 11.4. The van der Waals surface area contributed by atoms with E-state index in [1.807, 2.05) is 24.3 Å². The van der Waals surface area contributed by atoms with Crippen molar-refractivity contribution in [3.63, 3.8) is 0 Å². The van der Waals surface area contributed by atoms with E-state index in [2.05, 4.69) is 15.0 Å². The van der Waals surface area contributed by atoms with Gasteiger partial charge in [0.25, 0.3) is 11.5 Å². The van der Waals surface area contributed by atoms with E-state index < -0.39 is 11.2 Å². The summed E-state index contributed by atoms with van der Waals surface area (Å²) >= 11 is 0. The van der Waals surface area contributed by atoms with Gasteiger partial charge < -0.3 is 19.0 Å². The number of H-pyrrole nitrogens is 2. The number of oxazole rings is 1. The number of methoxy groups -OCH3 is 1. The van der Waals surface area contributed by atoms with E-state index in [0.29, 0.717) is 25.4 Å². The topological polar surface area (TPSA) is 121 Å². The van der Waals surface area contributed by atoms with E-state index in [4.69, 9.17) is 9.15 Å². The van der Waals surface area contributed by atoms with Crippen molar-refractivity contribution in [3.05, 3.63) is 80.3 Å². The van der Waals surface area contributed by atoms with Crippen molar-refractivity contribution in [2.24, 2.45) is 0 Å². The number of aromatic nitrogens is 3. The van der Waals surface area contributed by atoms with Crippen LogP contribution in [-0.4, -0.2) is 46.0 Å². The van der Waals surface area contributed by atoms with Crippen LogP contribution in [0.2, 0.25) is 0 Å². The SMILES string of the molecule is COc1ccccc1Cc1cnc([C@H]2CCCN(C(=O)c3cc(=O)[nH]c(=O)[nH]3)C2)o1. The molecule has 0 radical (unpaired) electrons. The van der Waals surface area contributed by atoms with Crippen LogP contribution in [-0.2, 0) is 6.42 Å². The van der Waals surface area contributed by atoms with Crippen LogP contribution in [0.25, 0.3) is 0 Å². The number of amides is 1. The van der Waals surface area contributed by atoms with Gasteiger partial charge >= 0.3 is 5.69 Å². The van der Waals surface area contributed by atoms with E-state index >= 15 is 0 Å². The fourth-order valence-electron chi connectivity index (χ4n) is 3.75. The third-order valence-corrected chi connectivity index (χ3v) is 5.18. The Hall–Kier alpha value is -3.62. The fraction of sp³-hybridized carbons (Fsp3) is 0.333. The highest BCUT2D eigenvalue weighted by Crippen LogP contribution is 2.28. The number of hydrogen-bond donors (Lipinski definition) is 2. The van der Waals surface area contributed by atoms with E-state index in [1.54, 1.807) is 18.2 Å². The summed E-state index contributed by atoms with van der Waals surface area (Å²) in [4.78, 5) is 46.2. The lowest BCUT2D eigenvalue weighted by atomic mass is 9.97. The maximum atomic E-state index is 12.7. The van der Waals surface area contributed by atoms with Crippen LogP contribution in [0.15, 0.2) is 50.5 Å². The number of ether oxygens (including phenoxy) is 1. The maximum Gasteiger partial charge on any atom is 0.326 e. The van der Waals surface area contributed by atoms with Crippen molar-refractivity contribution in [1.82, 2.24) is 19.9 Å². The summed E-state index contributed by atoms with van der Waals surface area (Å²) in [5.41, 5.74) is -0.326. The van der Waals surface area contributed by atoms with E-state index in [9.17, 15) is 14.4 Å². The van der Waals surface area contributed by atoms with Gasteiger partial charge in [-0.3, -0.25) is 14.6 Å². The smallest absolute Gasteiger partial charge is 0.326 e. The minimum Gasteiger partial charge on any atom is -0.496 e. The molecular formula is C21H22N4O5. The normalized spacial score (nSPS) is 16.4. The zero-order valence-electron chi connectivity index (χ0n) is 16.5. The fourth-order valence-corrected chi connectivity index (χ4v) is 3.75. The molecular weight excluding hydrogens is 388 g/mol. The Labute approximate surface area is 171 Å². The van der Waals surface area contributed by atoms with Crippen molar-refractivity contribution in [3.8, 4) is 5.75 Å². The van der Waals surface area contributed by atoms with Gasteiger partial charge in [-0.15, -0.1) is 0 Å². The van der Waals surface area contributed by atoms with Gasteiger partial charge in [-0.1, -0.05) is 18.2 Å². The maximum absolute atomic E-state index is 12.7. The summed E-state index contributed by atoms with van der Waals surface area (Å²) in [6, 6.07) is 8.83. The molecule has 0 saturated carbocycles. The molecule has 1 aliphatic heterocycles. The predicted octanol–water partition coefficient (Wildman–Crippen LogP) is 1.67. The minimum atomic E-state index is -0.701. The standard InChI is InChI=1S/C21H22N4O5/c1-29-17-7-3-2-5-13(17)9-15-11-22-19(30-15)14-6-4-8-25(12-14)20(27)16-10-18(26)24-21(28)23-16/h2-3,5,7,10-11,14H,4,6,8-9,12H2,1H3,(H2,23,24,26,28)/t14-/m0/s1. The highest BCUT2D eigenvalue weighted by Gasteiger charge is 2.29. The Balaban J connectivity index is 1.48. The van der Waals surface area contributed by atoms with Gasteiger partial charge in [0, 0.05) is 31.1 Å². The van der Waals surface area contributed by atoms with Gasteiger partial charge in [0.2, 0.25) is 0 Å². The van der Waals surface area contributed by atoms with E-state index in [-0.39, 0.29) is 17.5 Å². The van der Waals surface area contributed by atoms with Crippen molar-refractivity contribution in [2.75, 3.05) is 20.2 Å². The Morgan fingerprint density at radius 2 is 2.13 bits per heavy atom. The lowest BCUT2D eigenvalue weighted by molar-refractivity contribution is 0.0691. The second-order valence-corrected chi connectivity index (χ2v) is 7.25. The minimum absolute atomic E-state index is 0.0198. The van der Waals surface area contributed by atoms with Gasteiger partial charge in [-0.2, -0.15) is 0 Å². The molecule has 1 aliphatic rings. The molecule has 9 nitrogen and oxygen atoms in total. The van der Waals surface area contributed by atoms with Gasteiger partial charge in [0.1, 0.15) is 17.2 Å². The van der Waals surface area contributed by atoms with Gasteiger partial charge in [0.15, 0.2) is 5.89 Å². The molecule has 156 valence electrons. The quantitative estimate of drug-likeness (QED) is 0.660. The Morgan fingerprint density at radius 3 is 2.93 bits per heavy atom. The zero-order valence-corrected chi connectivity index (χ0v) is 16.5. The summed E-state index contributed by atoms with van der Waals surface area (Å²) in [7, 11) is 1.63. The molecule has 1 fully saturated rings. The molecule has 4 rings (SSSR count). The predicted molar refractivity (Wildman–Crippen MR) is 108 cm³/mol. The first-order chi connectivity index (χ1) is 14.5. The Kier molecular flexibility index (Phi) is 5.51. The van der Waals surface area contributed by atoms with Crippen molar-refractivity contribution in [1.29, 1.82) is 0 Å². The average Bonchev–Trinajstić information content (AvgIpc) is 3.21. The first-order valence-electron chi connectivity index (χ1n) is 9.73. The van der Waals surface area contributed by atoms with Crippen molar-refractivity contribution in [2.45, 2.75) is 25.2 Å². The molecule has 3 aromatic rings. The van der Waals surface area contributed by atoms with Gasteiger partial charge in [-0.25, -0.2) is 9.78 Å². The van der Waals surface area contributed by atoms with Crippen LogP contribution < -0.4 is 16.0 Å². The Bertz CT molecular complexity index is 1130. The van der Waals surface area contributed by atoms with Crippen molar-refractivity contribution < 1.29 is 13.9 Å². The summed E-state index contributed by atoms with van der Waals surface area (Å²) in [5.74, 6) is 1.65. The van der Waals surface area contributed by atoms with Crippen LogP contribution in [0.3, 0.4) is 0 Å². The highest BCUT2D eigenvalue weighted by atomic mass is 16.5. The molecule has 9 heteroatoms. The molecule has 0 spiro atoms. The summed E-state index contributed by atoms with van der Waals surface area (Å²) in [6.07, 6.45) is 3.87. The first-order valence-corrected chi connectivity index (χ1v) is 9.73. The second kappa shape index (κ2) is 8.40. The molecule has 0 bridgehead atoms. The van der Waals surface area contributed by atoms with E-state index in [0.717, 1.165) is 36.0 Å². The van der Waals surface area contributed by atoms with Gasteiger partial charge in [-0.05, 0) is 18.9 Å². The highest BCUT2D eigenvalue weighted by molar-refractivity contribution is 5.92. The molecule has 2 N–H and O–H groups in total. The lowest BCUT2D eigenvalue weighted by Gasteiger charge is -2.31. The molecule has 2 aromatic heterocycles. The number of rotatable bonds is 5. The van der Waals surface area contributed by atoms with E-state index in [1.165, 1.54) is 0 Å². The monoisotopic (exact) mass is 410 g/mol. The molecule has 1 amide bonds. The molecule has 0 unspecified atom stereocenters. The van der Waals surface area contributed by atoms with Crippen LogP contribution in [0.4, 0.5) is 0 Å². The summed E-state index contributed by atoms with van der Waals surface area (Å²) in [5, 5.41) is 0. The molecule has 30 heavy (non-hydrogen) atoms. The third kappa shape index (κ3) is 4.19. The zero-order chi connectivity index (χ0) is 21.1. The molecule has 1 atom stereocenters. The molecule has 0 aliphatic carbocycles. The number of para-hydroxylation sites is 1. The van der Waals surface area contributed by atoms with Crippen LogP contribution >= 0.6 is 0 Å². The van der Waals surface area contributed by atoms with Crippen LogP contribution in [0.5, 0.6) is 5.75 Å². The van der Waals surface area contributed by atoms with Crippen molar-refractivity contribution >= 4 is 5.91 Å². The number of nitrogens with one attached hydrogen (secondary N) is 2. The van der Waals surface area contributed by atoms with Crippen LogP contribution in [0.1, 0.15) is 46.5 Å². The number of hydrogen-bond acceptors (Lipinski definition) is 6. The number of carbonyl (C=O) groups is 1. The average molecular weight is 410 g/mol. The number of likely N-dealkylation sites (tertiary alicyclic amines) is 1. The number of carbonyl (C=O) groups excluding carboxylic acids is 1. The van der Waals surface area contributed by atoms with Gasteiger partial charge in [0.05, 0.1) is 19.2 Å². The largest absolute Gasteiger partial charge is 0.496 e. The Morgan fingerprint density at radius 1 is 1.30 bits per heavy atom. The number of aromatic amines is 2. The lowest BCUT2D eigenvalue weighted by Crippen LogP contribution is -2.41. The molecule has 1 saturated heterocycles. The number of piperidine rings is 1. The second-order valence-electron chi connectivity index (χ2n) is 7.25. The molecule has 1 aromatic carbocycles. The summed E-state index contributed by atoms with van der Waals surface area (Å²) in [6.45, 7) is 0.946.